The maximum atomic E-state index is 11.8. The standard InChI is InChI=1S/C14H20N4O2/c19-14(16-9-1-2-9)13-17-12(20-18-13)7-8-5-10-3-4-11(6-8)15-10/h8-11,15H,1-7H2,(H,16,19). The molecule has 2 atom stereocenters. The van der Waals surface area contributed by atoms with Gasteiger partial charge in [-0.1, -0.05) is 5.16 Å². The van der Waals surface area contributed by atoms with Gasteiger partial charge in [-0.25, -0.2) is 0 Å². The predicted molar refractivity (Wildman–Crippen MR) is 71.2 cm³/mol. The molecule has 2 saturated heterocycles. The number of rotatable bonds is 4. The van der Waals surface area contributed by atoms with Gasteiger partial charge in [0.05, 0.1) is 0 Å². The van der Waals surface area contributed by atoms with Gasteiger partial charge < -0.3 is 15.2 Å². The van der Waals surface area contributed by atoms with E-state index in [1.54, 1.807) is 0 Å². The van der Waals surface area contributed by atoms with E-state index >= 15 is 0 Å². The maximum absolute atomic E-state index is 11.8. The van der Waals surface area contributed by atoms with Gasteiger partial charge in [0.25, 0.3) is 11.7 Å². The summed E-state index contributed by atoms with van der Waals surface area (Å²) in [6, 6.07) is 1.66. The van der Waals surface area contributed by atoms with E-state index < -0.39 is 0 Å². The maximum Gasteiger partial charge on any atom is 0.292 e. The van der Waals surface area contributed by atoms with E-state index in [2.05, 4.69) is 20.8 Å². The Bertz CT molecular complexity index is 499. The van der Waals surface area contributed by atoms with Gasteiger partial charge in [0.1, 0.15) is 0 Å². The van der Waals surface area contributed by atoms with Gasteiger partial charge in [-0.3, -0.25) is 4.79 Å². The van der Waals surface area contributed by atoms with Crippen molar-refractivity contribution in [3.8, 4) is 0 Å². The Morgan fingerprint density at radius 2 is 2.00 bits per heavy atom. The summed E-state index contributed by atoms with van der Waals surface area (Å²) in [6.07, 6.45) is 7.88. The SMILES string of the molecule is O=C(NC1CC1)c1noc(CC2CC3CCC(C2)N3)n1. The van der Waals surface area contributed by atoms with Gasteiger partial charge in [-0.2, -0.15) is 4.98 Å². The van der Waals surface area contributed by atoms with Crippen molar-refractivity contribution in [2.75, 3.05) is 0 Å². The van der Waals surface area contributed by atoms with Crippen LogP contribution in [0, 0.1) is 5.92 Å². The summed E-state index contributed by atoms with van der Waals surface area (Å²) in [7, 11) is 0. The number of amides is 1. The molecule has 2 aliphatic heterocycles. The van der Waals surface area contributed by atoms with Crippen molar-refractivity contribution in [2.24, 2.45) is 5.92 Å². The molecule has 6 heteroatoms. The molecule has 2 bridgehead atoms. The third-order valence-corrected chi connectivity index (χ3v) is 4.62. The molecule has 1 aromatic rings. The van der Waals surface area contributed by atoms with Crippen LogP contribution >= 0.6 is 0 Å². The largest absolute Gasteiger partial charge is 0.346 e. The zero-order chi connectivity index (χ0) is 13.5. The van der Waals surface area contributed by atoms with Gasteiger partial charge in [0.2, 0.25) is 5.89 Å². The second kappa shape index (κ2) is 4.84. The number of fused-ring (bicyclic) bond motifs is 2. The van der Waals surface area contributed by atoms with Crippen molar-refractivity contribution in [1.29, 1.82) is 0 Å². The van der Waals surface area contributed by atoms with Crippen LogP contribution in [0.5, 0.6) is 0 Å². The van der Waals surface area contributed by atoms with E-state index in [-0.39, 0.29) is 11.7 Å². The van der Waals surface area contributed by atoms with Crippen LogP contribution in [0.25, 0.3) is 0 Å². The Morgan fingerprint density at radius 3 is 2.70 bits per heavy atom. The van der Waals surface area contributed by atoms with Gasteiger partial charge in [0.15, 0.2) is 0 Å². The molecule has 3 fully saturated rings. The van der Waals surface area contributed by atoms with Crippen molar-refractivity contribution in [3.63, 3.8) is 0 Å². The number of carbonyl (C=O) groups excluding carboxylic acids is 1. The van der Waals surface area contributed by atoms with Crippen LogP contribution in [-0.4, -0.2) is 34.2 Å². The monoisotopic (exact) mass is 276 g/mol. The second-order valence-corrected chi connectivity index (χ2v) is 6.44. The van der Waals surface area contributed by atoms with E-state index in [1.165, 1.54) is 25.7 Å². The first-order valence-electron chi connectivity index (χ1n) is 7.66. The van der Waals surface area contributed by atoms with Crippen LogP contribution in [0.1, 0.15) is 55.0 Å². The fourth-order valence-electron chi connectivity index (χ4n) is 3.50. The average Bonchev–Trinajstić information content (AvgIpc) is 3.00. The number of nitrogens with one attached hydrogen (secondary N) is 2. The Morgan fingerprint density at radius 1 is 1.25 bits per heavy atom. The lowest BCUT2D eigenvalue weighted by atomic mass is 9.90. The van der Waals surface area contributed by atoms with E-state index in [9.17, 15) is 4.79 Å². The highest BCUT2D eigenvalue weighted by atomic mass is 16.5. The molecule has 0 radical (unpaired) electrons. The number of piperidine rings is 1. The molecule has 1 aromatic heterocycles. The van der Waals surface area contributed by atoms with Crippen LogP contribution in [0.4, 0.5) is 0 Å². The highest BCUT2D eigenvalue weighted by Gasteiger charge is 2.34. The number of hydrogen-bond donors (Lipinski definition) is 2. The van der Waals surface area contributed by atoms with Crippen molar-refractivity contribution in [3.05, 3.63) is 11.7 Å². The molecule has 1 aliphatic carbocycles. The first kappa shape index (κ1) is 12.3. The number of hydrogen-bond acceptors (Lipinski definition) is 5. The quantitative estimate of drug-likeness (QED) is 0.858. The highest BCUT2D eigenvalue weighted by Crippen LogP contribution is 2.32. The molecule has 3 heterocycles. The smallest absolute Gasteiger partial charge is 0.292 e. The van der Waals surface area contributed by atoms with E-state index in [1.807, 2.05) is 0 Å². The summed E-state index contributed by atoms with van der Waals surface area (Å²) < 4.78 is 5.24. The lowest BCUT2D eigenvalue weighted by Crippen LogP contribution is -2.38. The molecule has 20 heavy (non-hydrogen) atoms. The fraction of sp³-hybridized carbons (Fsp3) is 0.786. The van der Waals surface area contributed by atoms with Crippen LogP contribution in [0.3, 0.4) is 0 Å². The summed E-state index contributed by atoms with van der Waals surface area (Å²) in [5, 5.41) is 10.3. The van der Waals surface area contributed by atoms with Crippen LogP contribution in [0.15, 0.2) is 4.52 Å². The molecule has 2 unspecified atom stereocenters. The molecule has 4 rings (SSSR count). The Hall–Kier alpha value is -1.43. The molecule has 0 aromatic carbocycles. The first-order valence-corrected chi connectivity index (χ1v) is 7.66. The summed E-state index contributed by atoms with van der Waals surface area (Å²) >= 11 is 0. The van der Waals surface area contributed by atoms with E-state index in [0.29, 0.717) is 29.9 Å². The number of aromatic nitrogens is 2. The highest BCUT2D eigenvalue weighted by molar-refractivity contribution is 5.90. The van der Waals surface area contributed by atoms with Crippen molar-refractivity contribution in [1.82, 2.24) is 20.8 Å². The van der Waals surface area contributed by atoms with Gasteiger partial charge in [0, 0.05) is 24.5 Å². The molecular formula is C14H20N4O2. The normalized spacial score (nSPS) is 32.3. The third-order valence-electron chi connectivity index (χ3n) is 4.62. The molecule has 0 spiro atoms. The minimum atomic E-state index is -0.201. The lowest BCUT2D eigenvalue weighted by Gasteiger charge is -2.27. The summed E-state index contributed by atoms with van der Waals surface area (Å²) in [4.78, 5) is 16.1. The number of carbonyl (C=O) groups is 1. The zero-order valence-electron chi connectivity index (χ0n) is 11.5. The molecule has 1 saturated carbocycles. The topological polar surface area (TPSA) is 80.0 Å². The first-order chi connectivity index (χ1) is 9.76. The third kappa shape index (κ3) is 2.57. The van der Waals surface area contributed by atoms with Crippen LogP contribution in [0.2, 0.25) is 0 Å². The van der Waals surface area contributed by atoms with Gasteiger partial charge in [-0.05, 0) is 44.4 Å². The molecule has 6 nitrogen and oxygen atoms in total. The van der Waals surface area contributed by atoms with Crippen molar-refractivity contribution < 1.29 is 9.32 Å². The molecular weight excluding hydrogens is 256 g/mol. The molecule has 2 N–H and O–H groups in total. The minimum absolute atomic E-state index is 0.184. The summed E-state index contributed by atoms with van der Waals surface area (Å²) in [5.41, 5.74) is 0. The average molecular weight is 276 g/mol. The van der Waals surface area contributed by atoms with Crippen LogP contribution < -0.4 is 10.6 Å². The van der Waals surface area contributed by atoms with Crippen molar-refractivity contribution >= 4 is 5.91 Å². The minimum Gasteiger partial charge on any atom is -0.346 e. The lowest BCUT2D eigenvalue weighted by molar-refractivity contribution is 0.0937. The second-order valence-electron chi connectivity index (χ2n) is 6.44. The molecule has 1 amide bonds. The molecule has 108 valence electrons. The van der Waals surface area contributed by atoms with E-state index in [0.717, 1.165) is 19.3 Å². The Kier molecular flexibility index (Phi) is 2.98. The number of nitrogens with zero attached hydrogens (tertiary/aromatic N) is 2. The van der Waals surface area contributed by atoms with Crippen molar-refractivity contribution in [2.45, 2.75) is 63.1 Å². The fourth-order valence-corrected chi connectivity index (χ4v) is 3.50. The summed E-state index contributed by atoms with van der Waals surface area (Å²) in [5.74, 6) is 1.20. The predicted octanol–water partition coefficient (Wildman–Crippen LogP) is 1.03. The van der Waals surface area contributed by atoms with Gasteiger partial charge >= 0.3 is 0 Å². The summed E-state index contributed by atoms with van der Waals surface area (Å²) in [6.45, 7) is 0. The Balaban J connectivity index is 1.36. The van der Waals surface area contributed by atoms with Gasteiger partial charge in [-0.15, -0.1) is 0 Å². The van der Waals surface area contributed by atoms with Crippen LogP contribution in [-0.2, 0) is 6.42 Å². The Labute approximate surface area is 117 Å². The van der Waals surface area contributed by atoms with E-state index in [4.69, 9.17) is 4.52 Å². The zero-order valence-corrected chi connectivity index (χ0v) is 11.5. The molecule has 3 aliphatic rings.